The van der Waals surface area contributed by atoms with Gasteiger partial charge in [0.25, 0.3) is 0 Å². The second-order valence-electron chi connectivity index (χ2n) is 8.19. The summed E-state index contributed by atoms with van der Waals surface area (Å²) >= 11 is 0. The first-order valence-electron chi connectivity index (χ1n) is 10.1. The van der Waals surface area contributed by atoms with Gasteiger partial charge in [0.2, 0.25) is 0 Å². The van der Waals surface area contributed by atoms with Crippen LogP contribution < -0.4 is 10.1 Å². The Balaban J connectivity index is 1.16. The highest BCUT2D eigenvalue weighted by molar-refractivity contribution is 5.27. The van der Waals surface area contributed by atoms with Crippen LogP contribution in [0.4, 0.5) is 0 Å². The van der Waals surface area contributed by atoms with Crippen LogP contribution in [0.3, 0.4) is 0 Å². The molecule has 1 aromatic rings. The lowest BCUT2D eigenvalue weighted by Gasteiger charge is -2.42. The molecule has 0 bridgehead atoms. The van der Waals surface area contributed by atoms with Crippen molar-refractivity contribution in [2.24, 2.45) is 5.92 Å². The van der Waals surface area contributed by atoms with Crippen LogP contribution in [0.25, 0.3) is 0 Å². The van der Waals surface area contributed by atoms with E-state index in [1.54, 1.807) is 7.11 Å². The maximum atomic E-state index is 5.25. The van der Waals surface area contributed by atoms with Gasteiger partial charge in [-0.2, -0.15) is 0 Å². The van der Waals surface area contributed by atoms with Crippen molar-refractivity contribution in [3.8, 4) is 5.75 Å². The molecule has 4 heteroatoms. The summed E-state index contributed by atoms with van der Waals surface area (Å²) in [6.45, 7) is 7.42. The Morgan fingerprint density at radius 1 is 1.00 bits per heavy atom. The second-order valence-corrected chi connectivity index (χ2v) is 8.19. The molecule has 1 aromatic carbocycles. The maximum Gasteiger partial charge on any atom is 0.118 e. The van der Waals surface area contributed by atoms with Gasteiger partial charge in [-0.3, -0.25) is 4.90 Å². The third kappa shape index (κ3) is 4.75. The van der Waals surface area contributed by atoms with E-state index in [0.717, 1.165) is 30.8 Å². The topological polar surface area (TPSA) is 27.7 Å². The molecule has 138 valence electrons. The Bertz CT molecular complexity index is 535. The summed E-state index contributed by atoms with van der Waals surface area (Å²) in [7, 11) is 1.72. The largest absolute Gasteiger partial charge is 0.497 e. The number of hydrogen-bond donors (Lipinski definition) is 1. The molecule has 0 spiro atoms. The van der Waals surface area contributed by atoms with Gasteiger partial charge >= 0.3 is 0 Å². The summed E-state index contributed by atoms with van der Waals surface area (Å²) in [5.74, 6) is 1.98. The van der Waals surface area contributed by atoms with E-state index in [0.29, 0.717) is 6.04 Å². The van der Waals surface area contributed by atoms with E-state index in [4.69, 9.17) is 4.74 Å². The lowest BCUT2D eigenvalue weighted by atomic mass is 9.99. The molecular weight excluding hydrogens is 310 g/mol. The highest BCUT2D eigenvalue weighted by atomic mass is 16.5. The van der Waals surface area contributed by atoms with Crippen LogP contribution in [-0.4, -0.2) is 61.7 Å². The number of ether oxygens (including phenoxy) is 1. The van der Waals surface area contributed by atoms with Crippen LogP contribution in [0.5, 0.6) is 5.75 Å². The maximum absolute atomic E-state index is 5.25. The minimum Gasteiger partial charge on any atom is -0.497 e. The van der Waals surface area contributed by atoms with Gasteiger partial charge in [0.05, 0.1) is 7.11 Å². The van der Waals surface area contributed by atoms with Crippen molar-refractivity contribution in [3.63, 3.8) is 0 Å². The zero-order valence-electron chi connectivity index (χ0n) is 15.6. The molecule has 0 radical (unpaired) electrons. The number of methoxy groups -OCH3 is 1. The van der Waals surface area contributed by atoms with Crippen molar-refractivity contribution in [2.75, 3.05) is 39.8 Å². The molecule has 1 saturated carbocycles. The molecule has 1 N–H and O–H groups in total. The molecule has 0 amide bonds. The number of nitrogens with zero attached hydrogens (tertiary/aromatic N) is 2. The molecule has 1 atom stereocenters. The van der Waals surface area contributed by atoms with Crippen LogP contribution in [0, 0.1) is 5.92 Å². The predicted molar refractivity (Wildman–Crippen MR) is 102 cm³/mol. The minimum atomic E-state index is 0.714. The third-order valence-electron chi connectivity index (χ3n) is 6.25. The first kappa shape index (κ1) is 17.3. The Kier molecular flexibility index (Phi) is 5.59. The molecule has 2 saturated heterocycles. The Labute approximate surface area is 152 Å². The van der Waals surface area contributed by atoms with Crippen LogP contribution >= 0.6 is 0 Å². The van der Waals surface area contributed by atoms with Crippen molar-refractivity contribution in [2.45, 2.75) is 50.7 Å². The molecule has 4 rings (SSSR count). The van der Waals surface area contributed by atoms with E-state index < -0.39 is 0 Å². The van der Waals surface area contributed by atoms with Crippen LogP contribution in [-0.2, 0) is 6.54 Å². The molecule has 3 aliphatic rings. The fourth-order valence-electron chi connectivity index (χ4n) is 4.19. The minimum absolute atomic E-state index is 0.714. The van der Waals surface area contributed by atoms with E-state index >= 15 is 0 Å². The molecule has 3 fully saturated rings. The lowest BCUT2D eigenvalue weighted by Crippen LogP contribution is -2.54. The van der Waals surface area contributed by atoms with Gasteiger partial charge in [-0.15, -0.1) is 0 Å². The molecule has 25 heavy (non-hydrogen) atoms. The molecule has 1 aliphatic carbocycles. The van der Waals surface area contributed by atoms with E-state index in [1.165, 1.54) is 63.8 Å². The molecule has 0 aromatic heterocycles. The molecular formula is C21H33N3O. The van der Waals surface area contributed by atoms with Gasteiger partial charge in [-0.25, -0.2) is 0 Å². The zero-order valence-corrected chi connectivity index (χ0v) is 15.6. The van der Waals surface area contributed by atoms with Crippen molar-refractivity contribution >= 4 is 0 Å². The number of nitrogens with one attached hydrogen (secondary N) is 1. The average molecular weight is 344 g/mol. The number of piperidine rings is 1. The highest BCUT2D eigenvalue weighted by Gasteiger charge is 2.30. The van der Waals surface area contributed by atoms with E-state index in [2.05, 4.69) is 39.4 Å². The molecule has 2 aliphatic heterocycles. The summed E-state index contributed by atoms with van der Waals surface area (Å²) < 4.78 is 5.25. The first-order valence-corrected chi connectivity index (χ1v) is 10.1. The van der Waals surface area contributed by atoms with E-state index in [1.807, 2.05) is 0 Å². The number of hydrogen-bond acceptors (Lipinski definition) is 4. The molecule has 2 heterocycles. The van der Waals surface area contributed by atoms with Gasteiger partial charge in [0.1, 0.15) is 5.75 Å². The van der Waals surface area contributed by atoms with Crippen molar-refractivity contribution in [1.82, 2.24) is 15.1 Å². The third-order valence-corrected chi connectivity index (χ3v) is 6.25. The Morgan fingerprint density at radius 2 is 1.76 bits per heavy atom. The molecule has 4 nitrogen and oxygen atoms in total. The summed E-state index contributed by atoms with van der Waals surface area (Å²) in [6, 6.07) is 9.97. The second kappa shape index (κ2) is 8.07. The van der Waals surface area contributed by atoms with Crippen LogP contribution in [0.1, 0.15) is 37.7 Å². The Hall–Kier alpha value is -1.10. The van der Waals surface area contributed by atoms with Gasteiger partial charge in [0.15, 0.2) is 0 Å². The first-order chi connectivity index (χ1) is 12.3. The predicted octanol–water partition coefficient (Wildman–Crippen LogP) is 2.73. The smallest absolute Gasteiger partial charge is 0.118 e. The van der Waals surface area contributed by atoms with Gasteiger partial charge in [0, 0.05) is 38.3 Å². The van der Waals surface area contributed by atoms with Gasteiger partial charge in [-0.1, -0.05) is 12.1 Å². The van der Waals surface area contributed by atoms with Crippen molar-refractivity contribution < 1.29 is 4.74 Å². The Morgan fingerprint density at radius 3 is 2.36 bits per heavy atom. The van der Waals surface area contributed by atoms with Crippen molar-refractivity contribution in [3.05, 3.63) is 29.8 Å². The fraction of sp³-hybridized carbons (Fsp3) is 0.714. The number of likely N-dealkylation sites (tertiary alicyclic amines) is 2. The van der Waals surface area contributed by atoms with Crippen LogP contribution in [0.15, 0.2) is 24.3 Å². The fourth-order valence-corrected chi connectivity index (χ4v) is 4.19. The van der Waals surface area contributed by atoms with Crippen molar-refractivity contribution in [1.29, 1.82) is 0 Å². The SMILES string of the molecule is COc1ccc(CN2CC[C@@H]2CNC2CCN(CC3CC3)CC2)cc1. The summed E-state index contributed by atoms with van der Waals surface area (Å²) in [4.78, 5) is 5.30. The van der Waals surface area contributed by atoms with Gasteiger partial charge in [-0.05, 0) is 68.8 Å². The van der Waals surface area contributed by atoms with E-state index in [9.17, 15) is 0 Å². The average Bonchev–Trinajstić information content (AvgIpc) is 3.45. The molecule has 0 unspecified atom stereocenters. The number of rotatable bonds is 8. The quantitative estimate of drug-likeness (QED) is 0.785. The summed E-state index contributed by atoms with van der Waals surface area (Å²) in [5.41, 5.74) is 1.39. The number of benzene rings is 1. The summed E-state index contributed by atoms with van der Waals surface area (Å²) in [5, 5.41) is 3.86. The summed E-state index contributed by atoms with van der Waals surface area (Å²) in [6.07, 6.45) is 6.95. The van der Waals surface area contributed by atoms with Crippen LogP contribution in [0.2, 0.25) is 0 Å². The monoisotopic (exact) mass is 343 g/mol. The zero-order chi connectivity index (χ0) is 17.1. The van der Waals surface area contributed by atoms with E-state index in [-0.39, 0.29) is 0 Å². The van der Waals surface area contributed by atoms with Gasteiger partial charge < -0.3 is 15.0 Å². The highest BCUT2D eigenvalue weighted by Crippen LogP contribution is 2.30. The standard InChI is InChI=1S/C21H33N3O/c1-25-21-6-4-18(5-7-21)16-24-13-10-20(24)14-22-19-8-11-23(12-9-19)15-17-2-3-17/h4-7,17,19-20,22H,2-3,8-16H2,1H3/t20-/m1/s1. The lowest BCUT2D eigenvalue weighted by molar-refractivity contribution is 0.0755. The normalized spacial score (nSPS) is 25.7.